The van der Waals surface area contributed by atoms with E-state index in [4.69, 9.17) is 16.3 Å². The van der Waals surface area contributed by atoms with E-state index in [-0.39, 0.29) is 0 Å². The smallest absolute Gasteiger partial charge is 0.144 e. The van der Waals surface area contributed by atoms with Crippen molar-refractivity contribution in [2.45, 2.75) is 0 Å². The molecule has 0 aliphatic heterocycles. The van der Waals surface area contributed by atoms with Crippen molar-refractivity contribution >= 4 is 33.3 Å². The van der Waals surface area contributed by atoms with Crippen LogP contribution in [0.3, 0.4) is 0 Å². The van der Waals surface area contributed by atoms with E-state index >= 15 is 0 Å². The largest absolute Gasteiger partial charge is 0.383 e. The highest BCUT2D eigenvalue weighted by Crippen LogP contribution is 2.22. The van der Waals surface area contributed by atoms with E-state index in [0.717, 1.165) is 36.5 Å². The fraction of sp³-hybridized carbons (Fsp3) is 0.545. The summed E-state index contributed by atoms with van der Waals surface area (Å²) < 4.78 is 5.89. The monoisotopic (exact) mass is 321 g/mol. The first-order valence-corrected chi connectivity index (χ1v) is 6.53. The van der Waals surface area contributed by atoms with Crippen molar-refractivity contribution in [3.63, 3.8) is 0 Å². The van der Waals surface area contributed by atoms with Crippen molar-refractivity contribution in [3.8, 4) is 0 Å². The number of nitrogens with one attached hydrogen (secondary N) is 1. The molecule has 1 heterocycles. The molecule has 0 amide bonds. The zero-order chi connectivity index (χ0) is 12.7. The fourth-order valence-electron chi connectivity index (χ4n) is 1.27. The van der Waals surface area contributed by atoms with Gasteiger partial charge in [-0.2, -0.15) is 0 Å². The van der Waals surface area contributed by atoms with E-state index < -0.39 is 0 Å². The Morgan fingerprint density at radius 1 is 1.53 bits per heavy atom. The molecule has 0 atom stereocenters. The third kappa shape index (κ3) is 5.68. The van der Waals surface area contributed by atoms with Crippen LogP contribution < -0.4 is 5.32 Å². The molecule has 0 aliphatic carbocycles. The molecule has 0 fully saturated rings. The molecule has 0 spiro atoms. The van der Waals surface area contributed by atoms with E-state index in [1.807, 2.05) is 6.07 Å². The SMILES string of the molecule is COCCN(C)CCNc1ncc(Br)cc1Cl. The standard InChI is InChI=1S/C11H17BrClN3O/c1-16(5-6-17-2)4-3-14-11-10(13)7-9(12)8-15-11/h7-8H,3-6H2,1-2H3,(H,14,15). The Bertz CT molecular complexity index is 351. The number of nitrogens with zero attached hydrogens (tertiary/aromatic N) is 2. The number of aromatic nitrogens is 1. The predicted octanol–water partition coefficient (Wildman–Crippen LogP) is 2.49. The van der Waals surface area contributed by atoms with Gasteiger partial charge in [-0.1, -0.05) is 11.6 Å². The average molecular weight is 323 g/mol. The summed E-state index contributed by atoms with van der Waals surface area (Å²) in [5.41, 5.74) is 0. The minimum atomic E-state index is 0.624. The van der Waals surface area contributed by atoms with Crippen LogP contribution in [0.2, 0.25) is 5.02 Å². The van der Waals surface area contributed by atoms with Crippen LogP contribution >= 0.6 is 27.5 Å². The van der Waals surface area contributed by atoms with Crippen molar-refractivity contribution in [3.05, 3.63) is 21.8 Å². The molecular formula is C11H17BrClN3O. The van der Waals surface area contributed by atoms with Gasteiger partial charge in [-0.05, 0) is 29.0 Å². The molecule has 0 aliphatic rings. The van der Waals surface area contributed by atoms with Crippen LogP contribution in [0.4, 0.5) is 5.82 Å². The number of anilines is 1. The molecule has 0 bridgehead atoms. The molecule has 6 heteroatoms. The van der Waals surface area contributed by atoms with Gasteiger partial charge < -0.3 is 15.0 Å². The van der Waals surface area contributed by atoms with Gasteiger partial charge in [0.25, 0.3) is 0 Å². The minimum Gasteiger partial charge on any atom is -0.383 e. The van der Waals surface area contributed by atoms with E-state index in [1.165, 1.54) is 0 Å². The van der Waals surface area contributed by atoms with Gasteiger partial charge in [-0.15, -0.1) is 0 Å². The van der Waals surface area contributed by atoms with E-state index in [1.54, 1.807) is 13.3 Å². The second kappa shape index (κ2) is 7.87. The first kappa shape index (κ1) is 14.7. The Labute approximate surface area is 115 Å². The molecule has 4 nitrogen and oxygen atoms in total. The topological polar surface area (TPSA) is 37.4 Å². The maximum absolute atomic E-state index is 6.04. The maximum Gasteiger partial charge on any atom is 0.144 e. The normalized spacial score (nSPS) is 10.9. The molecule has 1 aromatic heterocycles. The highest BCUT2D eigenvalue weighted by Gasteiger charge is 2.02. The number of rotatable bonds is 7. The Morgan fingerprint density at radius 2 is 2.29 bits per heavy atom. The van der Waals surface area contributed by atoms with Gasteiger partial charge in [-0.3, -0.25) is 0 Å². The lowest BCUT2D eigenvalue weighted by Gasteiger charge is -2.16. The van der Waals surface area contributed by atoms with Gasteiger partial charge in [0.15, 0.2) is 0 Å². The number of pyridine rings is 1. The zero-order valence-corrected chi connectivity index (χ0v) is 12.4. The number of halogens is 2. The van der Waals surface area contributed by atoms with Crippen LogP contribution in [-0.4, -0.2) is 50.3 Å². The highest BCUT2D eigenvalue weighted by molar-refractivity contribution is 9.10. The van der Waals surface area contributed by atoms with E-state index in [9.17, 15) is 0 Å². The number of hydrogen-bond acceptors (Lipinski definition) is 4. The molecule has 0 aromatic carbocycles. The number of ether oxygens (including phenoxy) is 1. The Hall–Kier alpha value is -0.360. The molecule has 0 unspecified atom stereocenters. The highest BCUT2D eigenvalue weighted by atomic mass is 79.9. The molecule has 1 N–H and O–H groups in total. The molecule has 1 aromatic rings. The summed E-state index contributed by atoms with van der Waals surface area (Å²) in [6, 6.07) is 1.82. The lowest BCUT2D eigenvalue weighted by Crippen LogP contribution is -2.28. The van der Waals surface area contributed by atoms with Crippen molar-refractivity contribution in [1.29, 1.82) is 0 Å². The summed E-state index contributed by atoms with van der Waals surface area (Å²) in [7, 11) is 3.76. The van der Waals surface area contributed by atoms with Gasteiger partial charge in [0.1, 0.15) is 5.82 Å². The summed E-state index contributed by atoms with van der Waals surface area (Å²) in [6.45, 7) is 3.37. The second-order valence-corrected chi connectivity index (χ2v) is 5.03. The van der Waals surface area contributed by atoms with Crippen molar-refractivity contribution < 1.29 is 4.74 Å². The van der Waals surface area contributed by atoms with Crippen molar-refractivity contribution in [2.75, 3.05) is 45.7 Å². The van der Waals surface area contributed by atoms with E-state index in [0.29, 0.717) is 5.02 Å². The molecule has 1 rings (SSSR count). The minimum absolute atomic E-state index is 0.624. The van der Waals surface area contributed by atoms with E-state index in [2.05, 4.69) is 38.2 Å². The van der Waals surface area contributed by atoms with Crippen LogP contribution in [0.25, 0.3) is 0 Å². The van der Waals surface area contributed by atoms with Gasteiger partial charge in [0, 0.05) is 37.4 Å². The van der Waals surface area contributed by atoms with Crippen LogP contribution in [0.1, 0.15) is 0 Å². The third-order valence-electron chi connectivity index (χ3n) is 2.27. The number of methoxy groups -OCH3 is 1. The lowest BCUT2D eigenvalue weighted by molar-refractivity contribution is 0.163. The van der Waals surface area contributed by atoms with Gasteiger partial charge in [-0.25, -0.2) is 4.98 Å². The second-order valence-electron chi connectivity index (χ2n) is 3.71. The van der Waals surface area contributed by atoms with Crippen LogP contribution in [-0.2, 0) is 4.74 Å². The summed E-state index contributed by atoms with van der Waals surface area (Å²) in [5.74, 6) is 0.718. The van der Waals surface area contributed by atoms with Crippen molar-refractivity contribution in [2.24, 2.45) is 0 Å². The lowest BCUT2D eigenvalue weighted by atomic mass is 10.4. The number of likely N-dealkylation sites (N-methyl/N-ethyl adjacent to an activating group) is 1. The predicted molar refractivity (Wildman–Crippen MR) is 74.8 cm³/mol. The van der Waals surface area contributed by atoms with Crippen LogP contribution in [0.15, 0.2) is 16.7 Å². The quantitative estimate of drug-likeness (QED) is 0.837. The Balaban J connectivity index is 2.30. The summed E-state index contributed by atoms with van der Waals surface area (Å²) in [4.78, 5) is 6.39. The molecule has 0 saturated heterocycles. The summed E-state index contributed by atoms with van der Waals surface area (Å²) >= 11 is 9.36. The summed E-state index contributed by atoms with van der Waals surface area (Å²) in [6.07, 6.45) is 1.73. The molecular weight excluding hydrogens is 305 g/mol. The fourth-order valence-corrected chi connectivity index (χ4v) is 1.96. The van der Waals surface area contributed by atoms with Crippen LogP contribution in [0, 0.1) is 0 Å². The molecule has 0 radical (unpaired) electrons. The molecule has 17 heavy (non-hydrogen) atoms. The van der Waals surface area contributed by atoms with Crippen molar-refractivity contribution in [1.82, 2.24) is 9.88 Å². The molecule has 96 valence electrons. The average Bonchev–Trinajstić information content (AvgIpc) is 2.29. The summed E-state index contributed by atoms with van der Waals surface area (Å²) in [5, 5.41) is 3.83. The first-order valence-electron chi connectivity index (χ1n) is 5.36. The zero-order valence-electron chi connectivity index (χ0n) is 10.0. The Morgan fingerprint density at radius 3 is 2.94 bits per heavy atom. The van der Waals surface area contributed by atoms with Gasteiger partial charge in [0.2, 0.25) is 0 Å². The third-order valence-corrected chi connectivity index (χ3v) is 2.99. The first-order chi connectivity index (χ1) is 8.13. The van der Waals surface area contributed by atoms with Gasteiger partial charge >= 0.3 is 0 Å². The molecule has 0 saturated carbocycles. The Kier molecular flexibility index (Phi) is 6.80. The number of hydrogen-bond donors (Lipinski definition) is 1. The van der Waals surface area contributed by atoms with Gasteiger partial charge in [0.05, 0.1) is 11.6 Å². The maximum atomic E-state index is 6.04. The van der Waals surface area contributed by atoms with Crippen LogP contribution in [0.5, 0.6) is 0 Å².